The van der Waals surface area contributed by atoms with E-state index in [4.69, 9.17) is 4.74 Å². The smallest absolute Gasteiger partial charge is 0.313 e. The van der Waals surface area contributed by atoms with E-state index in [1.54, 1.807) is 0 Å². The summed E-state index contributed by atoms with van der Waals surface area (Å²) in [5.41, 5.74) is 1.70. The van der Waals surface area contributed by atoms with E-state index in [9.17, 15) is 4.79 Å². The van der Waals surface area contributed by atoms with Gasteiger partial charge in [-0.3, -0.25) is 4.79 Å². The van der Waals surface area contributed by atoms with Crippen molar-refractivity contribution in [2.24, 2.45) is 5.41 Å². The average Bonchev–Trinajstić information content (AvgIpc) is 2.25. The van der Waals surface area contributed by atoms with E-state index in [0.717, 1.165) is 5.69 Å². The van der Waals surface area contributed by atoms with Crippen LogP contribution in [0.2, 0.25) is 0 Å². The Balaban J connectivity index is 2.61. The molecule has 88 valence electrons. The Kier molecular flexibility index (Phi) is 3.93. The summed E-state index contributed by atoms with van der Waals surface area (Å²) in [7, 11) is 1.41. The molecule has 0 bridgehead atoms. The highest BCUT2D eigenvalue weighted by Gasteiger charge is 2.28. The van der Waals surface area contributed by atoms with Crippen molar-refractivity contribution in [2.45, 2.75) is 20.8 Å². The normalized spacial score (nSPS) is 11.0. The number of rotatable bonds is 4. The molecular formula is C13H19NO2. The van der Waals surface area contributed by atoms with Gasteiger partial charge in [0.25, 0.3) is 0 Å². The first-order chi connectivity index (χ1) is 7.45. The highest BCUT2D eigenvalue weighted by Crippen LogP contribution is 2.19. The summed E-state index contributed by atoms with van der Waals surface area (Å²) in [6, 6.07) is 8.06. The lowest BCUT2D eigenvalue weighted by molar-refractivity contribution is -0.149. The van der Waals surface area contributed by atoms with Gasteiger partial charge < -0.3 is 10.1 Å². The van der Waals surface area contributed by atoms with Crippen LogP contribution in [0.3, 0.4) is 0 Å². The molecule has 16 heavy (non-hydrogen) atoms. The maximum atomic E-state index is 11.5. The van der Waals surface area contributed by atoms with Crippen LogP contribution in [0.15, 0.2) is 24.3 Å². The third-order valence-electron chi connectivity index (χ3n) is 2.49. The monoisotopic (exact) mass is 221 g/mol. The van der Waals surface area contributed by atoms with Crippen molar-refractivity contribution in [3.63, 3.8) is 0 Å². The number of hydrogen-bond donors (Lipinski definition) is 1. The number of aryl methyl sites for hydroxylation is 1. The predicted molar refractivity (Wildman–Crippen MR) is 65.5 cm³/mol. The zero-order chi connectivity index (χ0) is 12.2. The molecule has 0 radical (unpaired) electrons. The van der Waals surface area contributed by atoms with Crippen LogP contribution in [-0.2, 0) is 9.53 Å². The molecule has 3 nitrogen and oxygen atoms in total. The van der Waals surface area contributed by atoms with E-state index in [1.165, 1.54) is 12.7 Å². The first kappa shape index (κ1) is 12.6. The fraction of sp³-hybridized carbons (Fsp3) is 0.462. The minimum absolute atomic E-state index is 0.201. The average molecular weight is 221 g/mol. The van der Waals surface area contributed by atoms with Gasteiger partial charge in [-0.15, -0.1) is 0 Å². The van der Waals surface area contributed by atoms with Crippen molar-refractivity contribution >= 4 is 11.7 Å². The summed E-state index contributed by atoms with van der Waals surface area (Å²) in [5.74, 6) is -0.201. The molecule has 0 aliphatic carbocycles. The number of methoxy groups -OCH3 is 1. The van der Waals surface area contributed by atoms with Crippen LogP contribution in [0, 0.1) is 12.3 Å². The van der Waals surface area contributed by atoms with Gasteiger partial charge in [0, 0.05) is 12.2 Å². The van der Waals surface area contributed by atoms with E-state index in [-0.39, 0.29) is 5.97 Å². The van der Waals surface area contributed by atoms with Crippen LogP contribution in [0.1, 0.15) is 19.4 Å². The third kappa shape index (κ3) is 3.26. The fourth-order valence-electron chi connectivity index (χ4n) is 1.43. The van der Waals surface area contributed by atoms with E-state index in [2.05, 4.69) is 5.32 Å². The summed E-state index contributed by atoms with van der Waals surface area (Å²) >= 11 is 0. The molecular weight excluding hydrogens is 202 g/mol. The molecule has 0 saturated heterocycles. The molecule has 0 atom stereocenters. The molecule has 0 aliphatic heterocycles. The van der Waals surface area contributed by atoms with Crippen LogP contribution >= 0.6 is 0 Å². The van der Waals surface area contributed by atoms with E-state index in [1.807, 2.05) is 45.0 Å². The molecule has 1 aromatic carbocycles. The Labute approximate surface area is 96.8 Å². The van der Waals surface area contributed by atoms with Gasteiger partial charge in [-0.05, 0) is 38.5 Å². The van der Waals surface area contributed by atoms with Gasteiger partial charge in [-0.25, -0.2) is 0 Å². The molecule has 0 heterocycles. The molecule has 1 aromatic rings. The lowest BCUT2D eigenvalue weighted by atomic mass is 9.93. The lowest BCUT2D eigenvalue weighted by Gasteiger charge is -2.22. The number of carbonyl (C=O) groups excluding carboxylic acids is 1. The van der Waals surface area contributed by atoms with Crippen molar-refractivity contribution in [1.82, 2.24) is 0 Å². The summed E-state index contributed by atoms with van der Waals surface area (Å²) < 4.78 is 4.75. The number of hydrogen-bond acceptors (Lipinski definition) is 3. The second kappa shape index (κ2) is 5.01. The molecule has 3 heteroatoms. The Morgan fingerprint density at radius 2 is 2.12 bits per heavy atom. The molecule has 0 unspecified atom stereocenters. The standard InChI is InChI=1S/C13H19NO2/c1-10-6-5-7-11(8-10)14-9-13(2,3)12(15)16-4/h5-8,14H,9H2,1-4H3. The van der Waals surface area contributed by atoms with Crippen LogP contribution in [-0.4, -0.2) is 19.6 Å². The first-order valence-electron chi connectivity index (χ1n) is 5.34. The molecule has 0 aromatic heterocycles. The highest BCUT2D eigenvalue weighted by molar-refractivity contribution is 5.76. The van der Waals surface area contributed by atoms with Crippen molar-refractivity contribution in [2.75, 3.05) is 19.0 Å². The van der Waals surface area contributed by atoms with Gasteiger partial charge >= 0.3 is 5.97 Å². The second-order valence-electron chi connectivity index (χ2n) is 4.60. The Bertz CT molecular complexity index is 372. The first-order valence-corrected chi connectivity index (χ1v) is 5.34. The van der Waals surface area contributed by atoms with Gasteiger partial charge in [0.2, 0.25) is 0 Å². The van der Waals surface area contributed by atoms with Crippen LogP contribution in [0.25, 0.3) is 0 Å². The van der Waals surface area contributed by atoms with E-state index in [0.29, 0.717) is 6.54 Å². The number of carbonyl (C=O) groups is 1. The molecule has 1 rings (SSSR count). The van der Waals surface area contributed by atoms with Gasteiger partial charge in [-0.1, -0.05) is 12.1 Å². The van der Waals surface area contributed by atoms with Crippen LogP contribution in [0.5, 0.6) is 0 Å². The fourth-order valence-corrected chi connectivity index (χ4v) is 1.43. The summed E-state index contributed by atoms with van der Waals surface area (Å²) in [6.45, 7) is 6.32. The molecule has 1 N–H and O–H groups in total. The van der Waals surface area contributed by atoms with Crippen molar-refractivity contribution in [3.05, 3.63) is 29.8 Å². The van der Waals surface area contributed by atoms with Gasteiger partial charge in [0.05, 0.1) is 12.5 Å². The lowest BCUT2D eigenvalue weighted by Crippen LogP contribution is -2.33. The maximum absolute atomic E-state index is 11.5. The van der Waals surface area contributed by atoms with E-state index >= 15 is 0 Å². The zero-order valence-corrected chi connectivity index (χ0v) is 10.3. The van der Waals surface area contributed by atoms with Crippen LogP contribution in [0.4, 0.5) is 5.69 Å². The number of esters is 1. The number of nitrogens with one attached hydrogen (secondary N) is 1. The highest BCUT2D eigenvalue weighted by atomic mass is 16.5. The molecule has 0 amide bonds. The summed E-state index contributed by atoms with van der Waals surface area (Å²) in [6.07, 6.45) is 0. The van der Waals surface area contributed by atoms with Gasteiger partial charge in [0.1, 0.15) is 0 Å². The summed E-state index contributed by atoms with van der Waals surface area (Å²) in [5, 5.41) is 3.24. The molecule has 0 aliphatic rings. The molecule has 0 spiro atoms. The van der Waals surface area contributed by atoms with Crippen molar-refractivity contribution in [1.29, 1.82) is 0 Å². The Morgan fingerprint density at radius 3 is 2.69 bits per heavy atom. The SMILES string of the molecule is COC(=O)C(C)(C)CNc1cccc(C)c1. The minimum Gasteiger partial charge on any atom is -0.469 e. The predicted octanol–water partition coefficient (Wildman–Crippen LogP) is 2.61. The molecule has 0 fully saturated rings. The van der Waals surface area contributed by atoms with Crippen molar-refractivity contribution < 1.29 is 9.53 Å². The van der Waals surface area contributed by atoms with Gasteiger partial charge in [-0.2, -0.15) is 0 Å². The summed E-state index contributed by atoms with van der Waals surface area (Å²) in [4.78, 5) is 11.5. The van der Waals surface area contributed by atoms with Crippen LogP contribution < -0.4 is 5.32 Å². The molecule has 0 saturated carbocycles. The number of benzene rings is 1. The maximum Gasteiger partial charge on any atom is 0.313 e. The second-order valence-corrected chi connectivity index (χ2v) is 4.60. The van der Waals surface area contributed by atoms with Gasteiger partial charge in [0.15, 0.2) is 0 Å². The van der Waals surface area contributed by atoms with E-state index < -0.39 is 5.41 Å². The number of ether oxygens (including phenoxy) is 1. The topological polar surface area (TPSA) is 38.3 Å². The quantitative estimate of drug-likeness (QED) is 0.794. The zero-order valence-electron chi connectivity index (χ0n) is 10.3. The Hall–Kier alpha value is -1.51. The number of anilines is 1. The third-order valence-corrected chi connectivity index (χ3v) is 2.49. The minimum atomic E-state index is -0.515. The Morgan fingerprint density at radius 1 is 1.44 bits per heavy atom. The van der Waals surface area contributed by atoms with Crippen molar-refractivity contribution in [3.8, 4) is 0 Å². The largest absolute Gasteiger partial charge is 0.469 e.